The van der Waals surface area contributed by atoms with E-state index in [0.29, 0.717) is 13.0 Å². The summed E-state index contributed by atoms with van der Waals surface area (Å²) in [5.41, 5.74) is 3.74. The number of carbonyl (C=O) groups excluding carboxylic acids is 1. The number of halogens is 5. The van der Waals surface area contributed by atoms with Crippen molar-refractivity contribution < 1.29 is 27.1 Å². The molecule has 0 radical (unpaired) electrons. The molecule has 2 aliphatic rings. The van der Waals surface area contributed by atoms with E-state index in [9.17, 15) is 22.4 Å². The molecule has 0 spiro atoms. The number of nitrogens with one attached hydrogen (secondary N) is 2. The lowest BCUT2D eigenvalue weighted by Gasteiger charge is -2.26. The topological polar surface area (TPSA) is 89.3 Å². The number of hydrogen-bond acceptors (Lipinski definition) is 5. The molecule has 1 saturated heterocycles. The van der Waals surface area contributed by atoms with Crippen molar-refractivity contribution in [2.45, 2.75) is 38.0 Å². The highest BCUT2D eigenvalue weighted by Crippen LogP contribution is 2.39. The number of allylic oxidation sites excluding steroid dienone is 4. The van der Waals surface area contributed by atoms with Gasteiger partial charge in [-0.15, -0.1) is 0 Å². The Labute approximate surface area is 175 Å². The smallest absolute Gasteiger partial charge is 0.379 e. The molecule has 1 aliphatic carbocycles. The number of anilines is 1. The number of nitrogens with zero attached hydrogens (tertiary/aromatic N) is 1. The third-order valence-electron chi connectivity index (χ3n) is 5.01. The molecule has 1 aliphatic heterocycles. The van der Waals surface area contributed by atoms with Gasteiger partial charge in [-0.05, 0) is 18.9 Å². The van der Waals surface area contributed by atoms with Gasteiger partial charge >= 0.3 is 6.18 Å². The van der Waals surface area contributed by atoms with Gasteiger partial charge in [0.2, 0.25) is 5.91 Å². The molecule has 3 rings (SSSR count). The van der Waals surface area contributed by atoms with Crippen molar-refractivity contribution in [2.75, 3.05) is 18.5 Å². The molecule has 2 heterocycles. The summed E-state index contributed by atoms with van der Waals surface area (Å²) in [7, 11) is 0. The number of ether oxygens (including phenoxy) is 1. The zero-order chi connectivity index (χ0) is 22.1. The maximum Gasteiger partial charge on any atom is 0.418 e. The summed E-state index contributed by atoms with van der Waals surface area (Å²) in [4.78, 5) is 16.1. The van der Waals surface area contributed by atoms with Crippen molar-refractivity contribution in [2.24, 2.45) is 11.7 Å². The summed E-state index contributed by atoms with van der Waals surface area (Å²) in [5, 5.41) is 5.23. The van der Waals surface area contributed by atoms with Crippen LogP contribution in [-0.4, -0.2) is 35.8 Å². The molecule has 1 amide bonds. The fraction of sp³-hybridized carbons (Fsp3) is 0.474. The monoisotopic (exact) mass is 448 g/mol. The second kappa shape index (κ2) is 8.52. The largest absolute Gasteiger partial charge is 0.418 e. The molecule has 0 saturated carbocycles. The number of pyridine rings is 1. The third kappa shape index (κ3) is 4.93. The molecule has 1 unspecified atom stereocenters. The minimum absolute atomic E-state index is 0.0529. The van der Waals surface area contributed by atoms with E-state index in [4.69, 9.17) is 22.1 Å². The van der Waals surface area contributed by atoms with E-state index in [1.807, 2.05) is 0 Å². The summed E-state index contributed by atoms with van der Waals surface area (Å²) in [6.45, 7) is 1.82. The lowest BCUT2D eigenvalue weighted by molar-refractivity contribution is -0.126. The number of alkyl halides is 3. The highest BCUT2D eigenvalue weighted by Gasteiger charge is 2.39. The summed E-state index contributed by atoms with van der Waals surface area (Å²) in [5.74, 6) is -1.81. The van der Waals surface area contributed by atoms with E-state index in [1.165, 1.54) is 6.20 Å². The van der Waals surface area contributed by atoms with Crippen molar-refractivity contribution in [3.63, 3.8) is 0 Å². The average molecular weight is 449 g/mol. The van der Waals surface area contributed by atoms with Gasteiger partial charge in [0.15, 0.2) is 0 Å². The van der Waals surface area contributed by atoms with E-state index in [0.717, 1.165) is 12.1 Å². The van der Waals surface area contributed by atoms with Crippen LogP contribution >= 0.6 is 11.6 Å². The number of hydrogen-bond donors (Lipinski definition) is 3. The third-order valence-corrected chi connectivity index (χ3v) is 5.27. The zero-order valence-corrected chi connectivity index (χ0v) is 16.8. The van der Waals surface area contributed by atoms with Gasteiger partial charge < -0.3 is 21.1 Å². The Hall–Kier alpha value is -2.17. The zero-order valence-electron chi connectivity index (χ0n) is 16.1. The van der Waals surface area contributed by atoms with Gasteiger partial charge in [-0.2, -0.15) is 13.2 Å². The lowest BCUT2D eigenvalue weighted by Crippen LogP contribution is -2.54. The molecule has 4 N–H and O–H groups in total. The number of aromatic nitrogens is 1. The van der Waals surface area contributed by atoms with Crippen LogP contribution in [0.1, 0.15) is 25.5 Å². The number of amides is 1. The Morgan fingerprint density at radius 3 is 2.80 bits per heavy atom. The predicted molar refractivity (Wildman–Crippen MR) is 103 cm³/mol. The molecule has 30 heavy (non-hydrogen) atoms. The molecule has 1 aromatic heterocycles. The molecule has 164 valence electrons. The van der Waals surface area contributed by atoms with Gasteiger partial charge in [-0.25, -0.2) is 4.39 Å². The van der Waals surface area contributed by atoms with Crippen molar-refractivity contribution in [3.8, 4) is 0 Å². The molecule has 6 nitrogen and oxygen atoms in total. The molecule has 1 fully saturated rings. The first-order valence-electron chi connectivity index (χ1n) is 9.23. The van der Waals surface area contributed by atoms with Gasteiger partial charge in [-0.1, -0.05) is 18.5 Å². The first-order valence-corrected chi connectivity index (χ1v) is 9.61. The van der Waals surface area contributed by atoms with Crippen LogP contribution in [0.15, 0.2) is 34.6 Å². The van der Waals surface area contributed by atoms with Crippen LogP contribution < -0.4 is 16.4 Å². The Kier molecular flexibility index (Phi) is 6.40. The number of rotatable bonds is 5. The summed E-state index contributed by atoms with van der Waals surface area (Å²) < 4.78 is 59.7. The maximum atomic E-state index is 14.4. The Balaban J connectivity index is 1.74. The Bertz CT molecular complexity index is 895. The second-order valence-electron chi connectivity index (χ2n) is 7.44. The molecule has 0 aromatic carbocycles. The molecule has 2 atom stereocenters. The van der Waals surface area contributed by atoms with E-state index >= 15 is 0 Å². The van der Waals surface area contributed by atoms with Crippen LogP contribution in [0.5, 0.6) is 0 Å². The van der Waals surface area contributed by atoms with Gasteiger partial charge in [-0.3, -0.25) is 9.78 Å². The first-order chi connectivity index (χ1) is 14.0. The first kappa shape index (κ1) is 22.5. The van der Waals surface area contributed by atoms with Crippen molar-refractivity contribution in [1.29, 1.82) is 0 Å². The molecular formula is C19H21ClF4N4O2. The van der Waals surface area contributed by atoms with Crippen LogP contribution in [0, 0.1) is 11.7 Å². The van der Waals surface area contributed by atoms with Crippen LogP contribution in [0.3, 0.4) is 0 Å². The van der Waals surface area contributed by atoms with Crippen molar-refractivity contribution in [1.82, 2.24) is 10.3 Å². The van der Waals surface area contributed by atoms with Crippen molar-refractivity contribution in [3.05, 3.63) is 46.2 Å². The lowest BCUT2D eigenvalue weighted by atomic mass is 9.92. The van der Waals surface area contributed by atoms with Gasteiger partial charge in [0.05, 0.1) is 36.3 Å². The average Bonchev–Trinajstić information content (AvgIpc) is 3.10. The maximum absolute atomic E-state index is 14.4. The van der Waals surface area contributed by atoms with Crippen LogP contribution in [0.25, 0.3) is 0 Å². The summed E-state index contributed by atoms with van der Waals surface area (Å²) in [6, 6.07) is 1.03. The van der Waals surface area contributed by atoms with E-state index < -0.39 is 34.9 Å². The molecular weight excluding hydrogens is 428 g/mol. The van der Waals surface area contributed by atoms with E-state index in [1.54, 1.807) is 6.92 Å². The van der Waals surface area contributed by atoms with Crippen LogP contribution in [-0.2, 0) is 16.1 Å². The minimum Gasteiger partial charge on any atom is -0.379 e. The molecule has 11 heteroatoms. The number of carbonyl (C=O) groups is 1. The fourth-order valence-electron chi connectivity index (χ4n) is 3.30. The second-order valence-corrected chi connectivity index (χ2v) is 7.93. The standard InChI is InChI=1S/C19H21ClF4N4O2/c1-10-4-11(20)5-13(19(22,23)24)16(10)28-12-6-14(21)15(26-7-12)8-27-17(29)18(25)2-3-30-9-18/h5-7,10,28H,2-4,8-9,25H2,1H3,(H,27,29)/t10?,18-/m0/s1. The van der Waals surface area contributed by atoms with Gasteiger partial charge in [0, 0.05) is 29.3 Å². The predicted octanol–water partition coefficient (Wildman–Crippen LogP) is 3.35. The Morgan fingerprint density at radius 2 is 2.20 bits per heavy atom. The fourth-order valence-corrected chi connectivity index (χ4v) is 3.64. The van der Waals surface area contributed by atoms with Crippen LogP contribution in [0.2, 0.25) is 0 Å². The van der Waals surface area contributed by atoms with E-state index in [2.05, 4.69) is 15.6 Å². The normalized spacial score (nSPS) is 24.6. The highest BCUT2D eigenvalue weighted by atomic mass is 35.5. The quantitative estimate of drug-likeness (QED) is 0.601. The van der Waals surface area contributed by atoms with Gasteiger partial charge in [0.1, 0.15) is 11.4 Å². The SMILES string of the molecule is CC1CC(Cl)=CC(C(F)(F)F)=C1Nc1cnc(CNC(=O)[C@]2(N)CCOC2)c(F)c1. The number of nitrogens with two attached hydrogens (primary N) is 1. The minimum atomic E-state index is -4.62. The van der Waals surface area contributed by atoms with E-state index in [-0.39, 0.29) is 41.7 Å². The van der Waals surface area contributed by atoms with Crippen LogP contribution in [0.4, 0.5) is 23.2 Å². The summed E-state index contributed by atoms with van der Waals surface area (Å²) in [6.07, 6.45) is -1.96. The van der Waals surface area contributed by atoms with Crippen molar-refractivity contribution >= 4 is 23.2 Å². The summed E-state index contributed by atoms with van der Waals surface area (Å²) >= 11 is 5.82. The highest BCUT2D eigenvalue weighted by molar-refractivity contribution is 6.29. The molecule has 1 aromatic rings. The Morgan fingerprint density at radius 1 is 1.47 bits per heavy atom. The molecule has 0 bridgehead atoms. The van der Waals surface area contributed by atoms with Gasteiger partial charge in [0.25, 0.3) is 0 Å².